The Morgan fingerprint density at radius 1 is 1.24 bits per heavy atom. The van der Waals surface area contributed by atoms with Gasteiger partial charge in [-0.1, -0.05) is 12.1 Å². The molecule has 1 unspecified atom stereocenters. The summed E-state index contributed by atoms with van der Waals surface area (Å²) in [7, 11) is 3.37. The number of nitrogens with one attached hydrogen (secondary N) is 1. The molecule has 0 spiro atoms. The minimum atomic E-state index is 0.455. The van der Waals surface area contributed by atoms with Crippen molar-refractivity contribution in [3.8, 4) is 11.5 Å². The molecule has 1 N–H and O–H groups in total. The molecule has 112 valence electrons. The molecular weight excluding hydrogens is 282 g/mol. The van der Waals surface area contributed by atoms with Gasteiger partial charge < -0.3 is 14.8 Å². The largest absolute Gasteiger partial charge is 0.493 e. The summed E-state index contributed by atoms with van der Waals surface area (Å²) in [5, 5.41) is 5.88. The molecule has 0 amide bonds. The number of methoxy groups -OCH3 is 2. The summed E-state index contributed by atoms with van der Waals surface area (Å²) < 4.78 is 10.9. The Bertz CT molecular complexity index is 609. The third-order valence-electron chi connectivity index (χ3n) is 4.08. The zero-order valence-electron chi connectivity index (χ0n) is 12.5. The molecule has 0 radical (unpaired) electrons. The van der Waals surface area contributed by atoms with E-state index in [9.17, 15) is 0 Å². The van der Waals surface area contributed by atoms with Gasteiger partial charge in [0.05, 0.1) is 14.2 Å². The number of ether oxygens (including phenoxy) is 2. The number of fused-ring (bicyclic) bond motifs is 1. The Balaban J connectivity index is 1.75. The van der Waals surface area contributed by atoms with Crippen LogP contribution in [0.25, 0.3) is 0 Å². The topological polar surface area (TPSA) is 30.5 Å². The second kappa shape index (κ2) is 6.50. The predicted octanol–water partition coefficient (Wildman–Crippen LogP) is 3.93. The lowest BCUT2D eigenvalue weighted by Crippen LogP contribution is -2.24. The second-order valence-electron chi connectivity index (χ2n) is 5.28. The summed E-state index contributed by atoms with van der Waals surface area (Å²) >= 11 is 1.88. The maximum Gasteiger partial charge on any atom is 0.165 e. The van der Waals surface area contributed by atoms with Gasteiger partial charge in [0.2, 0.25) is 0 Å². The molecule has 0 fully saturated rings. The number of thiophene rings is 1. The van der Waals surface area contributed by atoms with Crippen molar-refractivity contribution in [2.75, 3.05) is 14.2 Å². The molecule has 0 aliphatic heterocycles. The number of hydrogen-bond acceptors (Lipinski definition) is 4. The van der Waals surface area contributed by atoms with Gasteiger partial charge in [0.1, 0.15) is 0 Å². The first-order valence-corrected chi connectivity index (χ1v) is 8.21. The summed E-state index contributed by atoms with van der Waals surface area (Å²) in [5.41, 5.74) is 2.62. The monoisotopic (exact) mass is 303 g/mol. The van der Waals surface area contributed by atoms with Crippen LogP contribution in [0.1, 0.15) is 34.9 Å². The lowest BCUT2D eigenvalue weighted by Gasteiger charge is -2.24. The van der Waals surface area contributed by atoms with Crippen LogP contribution in [0.2, 0.25) is 0 Å². The molecule has 0 bridgehead atoms. The highest BCUT2D eigenvalue weighted by molar-refractivity contribution is 7.10. The molecule has 2 aromatic rings. The van der Waals surface area contributed by atoms with E-state index in [2.05, 4.69) is 22.8 Å². The number of hydrogen-bond donors (Lipinski definition) is 1. The van der Waals surface area contributed by atoms with Crippen LogP contribution in [-0.4, -0.2) is 14.2 Å². The number of para-hydroxylation sites is 1. The summed E-state index contributed by atoms with van der Waals surface area (Å²) in [6, 6.07) is 8.75. The van der Waals surface area contributed by atoms with E-state index in [4.69, 9.17) is 9.47 Å². The smallest absolute Gasteiger partial charge is 0.165 e. The van der Waals surface area contributed by atoms with Crippen LogP contribution in [0.15, 0.2) is 29.6 Å². The van der Waals surface area contributed by atoms with E-state index in [-0.39, 0.29) is 0 Å². The van der Waals surface area contributed by atoms with E-state index in [0.29, 0.717) is 6.04 Å². The van der Waals surface area contributed by atoms with Crippen molar-refractivity contribution in [3.63, 3.8) is 0 Å². The number of rotatable bonds is 5. The maximum atomic E-state index is 5.50. The van der Waals surface area contributed by atoms with E-state index < -0.39 is 0 Å². The molecule has 0 saturated carbocycles. The summed E-state index contributed by atoms with van der Waals surface area (Å²) in [6.07, 6.45) is 3.70. The molecule has 3 nitrogen and oxygen atoms in total. The second-order valence-corrected chi connectivity index (χ2v) is 6.28. The van der Waals surface area contributed by atoms with Crippen molar-refractivity contribution in [2.24, 2.45) is 0 Å². The molecule has 1 aliphatic rings. The fourth-order valence-electron chi connectivity index (χ4n) is 3.02. The number of aryl methyl sites for hydroxylation is 1. The Kier molecular flexibility index (Phi) is 4.46. The van der Waals surface area contributed by atoms with Crippen LogP contribution >= 0.6 is 11.3 Å². The van der Waals surface area contributed by atoms with E-state index in [1.165, 1.54) is 29.7 Å². The predicted molar refractivity (Wildman–Crippen MR) is 86.4 cm³/mol. The fraction of sp³-hybridized carbons (Fsp3) is 0.412. The minimum absolute atomic E-state index is 0.455. The molecule has 21 heavy (non-hydrogen) atoms. The summed E-state index contributed by atoms with van der Waals surface area (Å²) in [6.45, 7) is 0.792. The van der Waals surface area contributed by atoms with E-state index in [1.54, 1.807) is 14.2 Å². The summed E-state index contributed by atoms with van der Waals surface area (Å²) in [4.78, 5) is 1.54. The minimum Gasteiger partial charge on any atom is -0.493 e. The van der Waals surface area contributed by atoms with Crippen molar-refractivity contribution >= 4 is 11.3 Å². The van der Waals surface area contributed by atoms with Crippen molar-refractivity contribution in [3.05, 3.63) is 45.6 Å². The van der Waals surface area contributed by atoms with Gasteiger partial charge in [-0.3, -0.25) is 0 Å². The number of benzene rings is 1. The van der Waals surface area contributed by atoms with Gasteiger partial charge in [-0.25, -0.2) is 0 Å². The normalized spacial score (nSPS) is 17.3. The van der Waals surface area contributed by atoms with Crippen LogP contribution in [0.5, 0.6) is 11.5 Å². The highest BCUT2D eigenvalue weighted by Crippen LogP contribution is 2.35. The highest BCUT2D eigenvalue weighted by atomic mass is 32.1. The molecule has 1 aromatic heterocycles. The first-order valence-electron chi connectivity index (χ1n) is 7.33. The molecular formula is C17H21NO2S. The van der Waals surface area contributed by atoms with Gasteiger partial charge in [0.25, 0.3) is 0 Å². The average molecular weight is 303 g/mol. The molecule has 1 aromatic carbocycles. The van der Waals surface area contributed by atoms with Crippen LogP contribution in [0, 0.1) is 0 Å². The lowest BCUT2D eigenvalue weighted by molar-refractivity contribution is 0.349. The molecule has 0 saturated heterocycles. The Morgan fingerprint density at radius 2 is 2.14 bits per heavy atom. The molecule has 4 heteroatoms. The van der Waals surface area contributed by atoms with E-state index >= 15 is 0 Å². The standard InChI is InChI=1S/C17H21NO2S/c1-19-15-7-3-5-12(17(15)20-2)11-18-14-6-4-8-16-13(14)9-10-21-16/h3,5,7,9-10,14,18H,4,6,8,11H2,1-2H3. The van der Waals surface area contributed by atoms with Crippen molar-refractivity contribution in [1.29, 1.82) is 0 Å². The Morgan fingerprint density at radius 3 is 2.95 bits per heavy atom. The average Bonchev–Trinajstić information content (AvgIpc) is 3.01. The molecule has 1 heterocycles. The van der Waals surface area contributed by atoms with Crippen molar-refractivity contribution < 1.29 is 9.47 Å². The van der Waals surface area contributed by atoms with Crippen LogP contribution < -0.4 is 14.8 Å². The van der Waals surface area contributed by atoms with E-state index in [1.807, 2.05) is 23.5 Å². The van der Waals surface area contributed by atoms with Gasteiger partial charge in [0, 0.05) is 23.0 Å². The third-order valence-corrected chi connectivity index (χ3v) is 5.07. The van der Waals surface area contributed by atoms with Crippen molar-refractivity contribution in [1.82, 2.24) is 5.32 Å². The first kappa shape index (κ1) is 14.4. The van der Waals surface area contributed by atoms with Gasteiger partial charge in [-0.15, -0.1) is 11.3 Å². The highest BCUT2D eigenvalue weighted by Gasteiger charge is 2.21. The Hall–Kier alpha value is -1.52. The van der Waals surface area contributed by atoms with Crippen LogP contribution in [0.4, 0.5) is 0 Å². The SMILES string of the molecule is COc1cccc(CNC2CCCc3sccc32)c1OC. The first-order chi connectivity index (χ1) is 10.3. The van der Waals surface area contributed by atoms with E-state index in [0.717, 1.165) is 23.6 Å². The van der Waals surface area contributed by atoms with Gasteiger partial charge in [-0.05, 0) is 42.3 Å². The quantitative estimate of drug-likeness (QED) is 0.908. The molecule has 3 rings (SSSR count). The Labute approximate surface area is 129 Å². The lowest BCUT2D eigenvalue weighted by atomic mass is 9.94. The third kappa shape index (κ3) is 2.92. The van der Waals surface area contributed by atoms with Crippen LogP contribution in [-0.2, 0) is 13.0 Å². The van der Waals surface area contributed by atoms with Crippen LogP contribution in [0.3, 0.4) is 0 Å². The van der Waals surface area contributed by atoms with Gasteiger partial charge >= 0.3 is 0 Å². The van der Waals surface area contributed by atoms with Gasteiger partial charge in [-0.2, -0.15) is 0 Å². The van der Waals surface area contributed by atoms with Crippen molar-refractivity contribution in [2.45, 2.75) is 31.8 Å². The maximum absolute atomic E-state index is 5.50. The zero-order valence-corrected chi connectivity index (χ0v) is 13.3. The molecule has 1 atom stereocenters. The summed E-state index contributed by atoms with van der Waals surface area (Å²) in [5.74, 6) is 1.62. The zero-order chi connectivity index (χ0) is 14.7. The van der Waals surface area contributed by atoms with Gasteiger partial charge in [0.15, 0.2) is 11.5 Å². The fourth-order valence-corrected chi connectivity index (χ4v) is 4.01. The molecule has 1 aliphatic carbocycles.